The molecule has 1 N–H and O–H groups in total. The Bertz CT molecular complexity index is 1570. The van der Waals surface area contributed by atoms with Gasteiger partial charge in [0.05, 0.1) is 34.2 Å². The van der Waals surface area contributed by atoms with Crippen LogP contribution in [0.4, 0.5) is 5.69 Å². The fourth-order valence-corrected chi connectivity index (χ4v) is 7.09. The van der Waals surface area contributed by atoms with Gasteiger partial charge in [-0.25, -0.2) is 13.4 Å². The minimum Gasteiger partial charge on any atom is -0.466 e. The van der Waals surface area contributed by atoms with E-state index in [-0.39, 0.29) is 42.2 Å². The number of ether oxygens (including phenoxy) is 1. The average Bonchev–Trinajstić information content (AvgIpc) is 3.41. The van der Waals surface area contributed by atoms with E-state index in [1.165, 1.54) is 16.4 Å². The van der Waals surface area contributed by atoms with Gasteiger partial charge in [-0.1, -0.05) is 36.4 Å². The van der Waals surface area contributed by atoms with Crippen LogP contribution in [0.5, 0.6) is 0 Å². The van der Waals surface area contributed by atoms with Gasteiger partial charge < -0.3 is 10.1 Å². The number of Topliss-reactive ketones (excluding diaryl/α,β-unsaturated/α-hetero) is 1. The molecule has 8 nitrogen and oxygen atoms in total. The molecule has 0 amide bonds. The van der Waals surface area contributed by atoms with Gasteiger partial charge in [-0.15, -0.1) is 11.3 Å². The van der Waals surface area contributed by atoms with Gasteiger partial charge in [0.25, 0.3) is 0 Å². The maximum Gasteiger partial charge on any atom is 0.309 e. The molecule has 1 saturated heterocycles. The molecule has 4 aromatic rings. The molecule has 5 rings (SSSR count). The average molecular weight is 564 g/mol. The Morgan fingerprint density at radius 3 is 2.56 bits per heavy atom. The van der Waals surface area contributed by atoms with Crippen LogP contribution in [0.3, 0.4) is 0 Å². The number of sulfonamides is 1. The predicted octanol–water partition coefficient (Wildman–Crippen LogP) is 5.22. The summed E-state index contributed by atoms with van der Waals surface area (Å²) in [5.74, 6) is -0.790. The number of fused-ring (bicyclic) bond motifs is 1. The lowest BCUT2D eigenvalue weighted by Gasteiger charge is -2.30. The third kappa shape index (κ3) is 6.03. The Labute approximate surface area is 231 Å². The molecule has 1 fully saturated rings. The number of hydrogen-bond donors (Lipinski definition) is 1. The van der Waals surface area contributed by atoms with Crippen LogP contribution in [0, 0.1) is 5.92 Å². The number of anilines is 1. The maximum absolute atomic E-state index is 13.3. The number of nitrogens with zero attached hydrogens (tertiary/aromatic N) is 2. The number of rotatable bonds is 9. The number of carbonyl (C=O) groups excluding carboxylic acids is 2. The normalized spacial score (nSPS) is 14.8. The fourth-order valence-electron chi connectivity index (χ4n) is 4.61. The summed E-state index contributed by atoms with van der Waals surface area (Å²) < 4.78 is 34.1. The number of thiazole rings is 1. The van der Waals surface area contributed by atoms with Crippen LogP contribution in [0.2, 0.25) is 0 Å². The Hall–Kier alpha value is -3.60. The highest BCUT2D eigenvalue weighted by Gasteiger charge is 2.33. The van der Waals surface area contributed by atoms with Crippen molar-refractivity contribution in [3.8, 4) is 10.6 Å². The van der Waals surface area contributed by atoms with Gasteiger partial charge in [0, 0.05) is 29.9 Å². The first kappa shape index (κ1) is 27.0. The van der Waals surface area contributed by atoms with Gasteiger partial charge in [0.15, 0.2) is 5.78 Å². The number of para-hydroxylation sites is 1. The van der Waals surface area contributed by atoms with E-state index in [0.717, 1.165) is 26.5 Å². The van der Waals surface area contributed by atoms with Gasteiger partial charge in [-0.3, -0.25) is 9.59 Å². The Kier molecular flexibility index (Phi) is 8.06. The molecule has 3 aromatic carbocycles. The monoisotopic (exact) mass is 563 g/mol. The molecule has 0 bridgehead atoms. The molecule has 1 aliphatic heterocycles. The minimum atomic E-state index is -3.79. The number of nitrogens with one attached hydrogen (secondary N) is 1. The van der Waals surface area contributed by atoms with E-state index in [4.69, 9.17) is 9.72 Å². The molecule has 0 unspecified atom stereocenters. The predicted molar refractivity (Wildman–Crippen MR) is 152 cm³/mol. The molecule has 1 aliphatic rings. The third-order valence-corrected chi connectivity index (χ3v) is 9.70. The molecule has 0 radical (unpaired) electrons. The fraction of sp³-hybridized carbons (Fsp3) is 0.276. The van der Waals surface area contributed by atoms with Gasteiger partial charge in [0.1, 0.15) is 5.01 Å². The Balaban J connectivity index is 1.23. The first-order chi connectivity index (χ1) is 18.8. The number of piperidine rings is 1. The first-order valence-corrected chi connectivity index (χ1v) is 15.1. The molecular weight excluding hydrogens is 534 g/mol. The van der Waals surface area contributed by atoms with Gasteiger partial charge in [-0.05, 0) is 56.2 Å². The highest BCUT2D eigenvalue weighted by Crippen LogP contribution is 2.31. The van der Waals surface area contributed by atoms with Crippen LogP contribution in [0.1, 0.15) is 30.1 Å². The summed E-state index contributed by atoms with van der Waals surface area (Å²) >= 11 is 1.61. The van der Waals surface area contributed by atoms with Gasteiger partial charge >= 0.3 is 5.97 Å². The van der Waals surface area contributed by atoms with Crippen LogP contribution in [0.15, 0.2) is 77.7 Å². The number of hydrogen-bond acceptors (Lipinski definition) is 8. The van der Waals surface area contributed by atoms with E-state index >= 15 is 0 Å². The lowest BCUT2D eigenvalue weighted by Crippen LogP contribution is -2.40. The summed E-state index contributed by atoms with van der Waals surface area (Å²) in [5, 5.41) is 4.06. The van der Waals surface area contributed by atoms with Crippen LogP contribution in [-0.4, -0.2) is 55.7 Å². The highest BCUT2D eigenvalue weighted by molar-refractivity contribution is 7.89. The summed E-state index contributed by atoms with van der Waals surface area (Å²) in [4.78, 5) is 29.8. The van der Waals surface area contributed by atoms with Crippen molar-refractivity contribution in [1.29, 1.82) is 0 Å². The lowest BCUT2D eigenvalue weighted by atomic mass is 9.98. The standard InChI is InChI=1S/C29H29N3O5S2/c1-2-37-29(34)20-13-15-32(16-14-20)39(35,36)24-10-6-7-21(18-24)26(33)19-30-23-9-5-8-22(17-23)28-31-25-11-3-4-12-27(25)38-28/h3-12,17-18,20,30H,2,13-16,19H2,1H3. The van der Waals surface area contributed by atoms with Crippen molar-refractivity contribution < 1.29 is 22.7 Å². The quantitative estimate of drug-likeness (QED) is 0.220. The van der Waals surface area contributed by atoms with Crippen LogP contribution in [-0.2, 0) is 19.6 Å². The number of esters is 1. The first-order valence-electron chi connectivity index (χ1n) is 12.8. The van der Waals surface area contributed by atoms with E-state index < -0.39 is 10.0 Å². The molecule has 0 aliphatic carbocycles. The molecule has 2 heterocycles. The molecule has 0 atom stereocenters. The van der Waals surface area contributed by atoms with E-state index in [0.29, 0.717) is 25.0 Å². The number of benzene rings is 3. The number of carbonyl (C=O) groups is 2. The second-order valence-electron chi connectivity index (χ2n) is 9.30. The SMILES string of the molecule is CCOC(=O)C1CCN(S(=O)(=O)c2cccc(C(=O)CNc3cccc(-c4nc5ccccc5s4)c3)c2)CC1. The Morgan fingerprint density at radius 1 is 1.03 bits per heavy atom. The minimum absolute atomic E-state index is 0.0116. The van der Waals surface area contributed by atoms with Gasteiger partial charge in [-0.2, -0.15) is 4.31 Å². The largest absolute Gasteiger partial charge is 0.466 e. The van der Waals surface area contributed by atoms with E-state index in [2.05, 4.69) is 5.32 Å². The molecule has 39 heavy (non-hydrogen) atoms. The van der Waals surface area contributed by atoms with Crippen molar-refractivity contribution >= 4 is 49.0 Å². The summed E-state index contributed by atoms with van der Waals surface area (Å²) in [6, 6.07) is 21.8. The van der Waals surface area contributed by atoms with E-state index in [9.17, 15) is 18.0 Å². The summed E-state index contributed by atoms with van der Waals surface area (Å²) in [6.45, 7) is 2.54. The molecule has 202 valence electrons. The maximum atomic E-state index is 13.3. The van der Waals surface area contributed by atoms with E-state index in [1.807, 2.05) is 48.5 Å². The topological polar surface area (TPSA) is 106 Å². The molecule has 1 aromatic heterocycles. The van der Waals surface area contributed by atoms with Crippen molar-refractivity contribution in [3.05, 3.63) is 78.4 Å². The van der Waals surface area contributed by atoms with Crippen molar-refractivity contribution in [3.63, 3.8) is 0 Å². The van der Waals surface area contributed by atoms with Crippen LogP contribution >= 0.6 is 11.3 Å². The van der Waals surface area contributed by atoms with E-state index in [1.54, 1.807) is 30.4 Å². The number of aromatic nitrogens is 1. The van der Waals surface area contributed by atoms with Crippen molar-refractivity contribution in [1.82, 2.24) is 9.29 Å². The van der Waals surface area contributed by atoms with Crippen molar-refractivity contribution in [2.75, 3.05) is 31.6 Å². The molecule has 0 saturated carbocycles. The zero-order valence-corrected chi connectivity index (χ0v) is 23.1. The highest BCUT2D eigenvalue weighted by atomic mass is 32.2. The second kappa shape index (κ2) is 11.6. The van der Waals surface area contributed by atoms with Crippen LogP contribution < -0.4 is 5.32 Å². The molecule has 10 heteroatoms. The smallest absolute Gasteiger partial charge is 0.309 e. The van der Waals surface area contributed by atoms with Crippen molar-refractivity contribution in [2.24, 2.45) is 5.92 Å². The number of ketones is 1. The zero-order chi connectivity index (χ0) is 27.4. The van der Waals surface area contributed by atoms with Crippen LogP contribution in [0.25, 0.3) is 20.8 Å². The van der Waals surface area contributed by atoms with Crippen molar-refractivity contribution in [2.45, 2.75) is 24.7 Å². The molecular formula is C29H29N3O5S2. The molecule has 0 spiro atoms. The lowest BCUT2D eigenvalue weighted by molar-refractivity contribution is -0.149. The van der Waals surface area contributed by atoms with Gasteiger partial charge in [0.2, 0.25) is 10.0 Å². The second-order valence-corrected chi connectivity index (χ2v) is 12.3. The Morgan fingerprint density at radius 2 is 1.79 bits per heavy atom. The third-order valence-electron chi connectivity index (χ3n) is 6.72. The summed E-state index contributed by atoms with van der Waals surface area (Å²) in [7, 11) is -3.79. The zero-order valence-electron chi connectivity index (χ0n) is 21.5. The summed E-state index contributed by atoms with van der Waals surface area (Å²) in [5.41, 5.74) is 2.98. The summed E-state index contributed by atoms with van der Waals surface area (Å²) in [6.07, 6.45) is 0.827.